The fourth-order valence-electron chi connectivity index (χ4n) is 4.06. The van der Waals surface area contributed by atoms with Crippen molar-refractivity contribution in [2.24, 2.45) is 4.99 Å². The average molecular weight is 539 g/mol. The van der Waals surface area contributed by atoms with E-state index in [9.17, 15) is 9.18 Å². The monoisotopic (exact) mass is 538 g/mol. The molecule has 0 unspecified atom stereocenters. The first-order valence-electron chi connectivity index (χ1n) is 12.5. The second-order valence-electron chi connectivity index (χ2n) is 8.90. The number of methoxy groups -OCH3 is 1. The molecule has 0 spiro atoms. The van der Waals surface area contributed by atoms with E-state index in [0.29, 0.717) is 34.7 Å². The van der Waals surface area contributed by atoms with Crippen LogP contribution in [-0.2, 0) is 24.5 Å². The van der Waals surface area contributed by atoms with E-state index in [2.05, 4.69) is 0 Å². The van der Waals surface area contributed by atoms with Crippen LogP contribution in [0.3, 0.4) is 0 Å². The van der Waals surface area contributed by atoms with E-state index in [0.717, 1.165) is 22.3 Å². The minimum Gasteiger partial charge on any atom is -0.493 e. The molecule has 1 fully saturated rings. The maximum Gasteiger partial charge on any atom is 0.267 e. The summed E-state index contributed by atoms with van der Waals surface area (Å²) in [6, 6.07) is 31.6. The number of thioether (sulfide) groups is 1. The van der Waals surface area contributed by atoms with E-state index in [1.165, 1.54) is 23.9 Å². The van der Waals surface area contributed by atoms with Gasteiger partial charge in [0.05, 0.1) is 25.1 Å². The molecule has 4 aromatic rings. The first-order valence-corrected chi connectivity index (χ1v) is 13.3. The molecule has 39 heavy (non-hydrogen) atoms. The predicted molar refractivity (Wildman–Crippen MR) is 154 cm³/mol. The van der Waals surface area contributed by atoms with E-state index in [-0.39, 0.29) is 18.3 Å². The standard InChI is InChI=1S/C32H27FN2O3S/c1-37-29-18-26(14-17-28(29)38-22-25-12-15-27(33)16-13-25)19-30-31(36)35(21-24-10-6-3-7-11-24)32(39-30)34-20-23-8-4-2-5-9-23/h2-19H,20-22H2,1H3/b30-19+,34-32?. The third-order valence-electron chi connectivity index (χ3n) is 6.10. The van der Waals surface area contributed by atoms with Gasteiger partial charge in [-0.2, -0.15) is 0 Å². The zero-order valence-corrected chi connectivity index (χ0v) is 22.2. The fraction of sp³-hybridized carbons (Fsp3) is 0.125. The number of carbonyl (C=O) groups is 1. The highest BCUT2D eigenvalue weighted by Gasteiger charge is 2.33. The molecule has 1 amide bonds. The maximum atomic E-state index is 13.5. The summed E-state index contributed by atoms with van der Waals surface area (Å²) in [4.78, 5) is 20.6. The Balaban J connectivity index is 1.37. The Bertz CT molecular complexity index is 1490. The van der Waals surface area contributed by atoms with Crippen LogP contribution in [0, 0.1) is 5.82 Å². The summed E-state index contributed by atoms with van der Waals surface area (Å²) in [7, 11) is 1.57. The molecule has 0 N–H and O–H groups in total. The summed E-state index contributed by atoms with van der Waals surface area (Å²) in [5, 5.41) is 0.671. The Morgan fingerprint density at radius 2 is 1.54 bits per heavy atom. The highest BCUT2D eigenvalue weighted by atomic mass is 32.2. The average Bonchev–Trinajstić information content (AvgIpc) is 3.26. The number of rotatable bonds is 9. The highest BCUT2D eigenvalue weighted by molar-refractivity contribution is 8.18. The molecule has 4 aromatic carbocycles. The van der Waals surface area contributed by atoms with Crippen LogP contribution in [0.25, 0.3) is 6.08 Å². The summed E-state index contributed by atoms with van der Waals surface area (Å²) in [6.07, 6.45) is 1.85. The van der Waals surface area contributed by atoms with Crippen molar-refractivity contribution in [2.45, 2.75) is 19.7 Å². The summed E-state index contributed by atoms with van der Waals surface area (Å²) < 4.78 is 24.6. The third kappa shape index (κ3) is 6.75. The van der Waals surface area contributed by atoms with Gasteiger partial charge in [0.15, 0.2) is 16.7 Å². The molecule has 0 radical (unpaired) electrons. The lowest BCUT2D eigenvalue weighted by Crippen LogP contribution is -2.28. The van der Waals surface area contributed by atoms with E-state index in [1.807, 2.05) is 84.9 Å². The number of benzene rings is 4. The van der Waals surface area contributed by atoms with Gasteiger partial charge in [-0.1, -0.05) is 78.9 Å². The van der Waals surface area contributed by atoms with E-state index in [4.69, 9.17) is 14.5 Å². The zero-order chi connectivity index (χ0) is 27.0. The number of ether oxygens (including phenoxy) is 2. The quantitative estimate of drug-likeness (QED) is 0.214. The van der Waals surface area contributed by atoms with Crippen molar-refractivity contribution in [2.75, 3.05) is 7.11 Å². The lowest BCUT2D eigenvalue weighted by Gasteiger charge is -2.15. The minimum absolute atomic E-state index is 0.0914. The van der Waals surface area contributed by atoms with Gasteiger partial charge in [-0.25, -0.2) is 4.39 Å². The number of aliphatic imine (C=N–C) groups is 1. The Labute approximate surface area is 231 Å². The van der Waals surface area contributed by atoms with Crippen LogP contribution in [0.2, 0.25) is 0 Å². The fourth-order valence-corrected chi connectivity index (χ4v) is 5.04. The van der Waals surface area contributed by atoms with E-state index in [1.54, 1.807) is 24.1 Å². The van der Waals surface area contributed by atoms with Gasteiger partial charge in [0.1, 0.15) is 12.4 Å². The molecule has 1 saturated heterocycles. The normalized spacial score (nSPS) is 15.2. The third-order valence-corrected chi connectivity index (χ3v) is 7.15. The van der Waals surface area contributed by atoms with Gasteiger partial charge < -0.3 is 9.47 Å². The minimum atomic E-state index is -0.288. The Morgan fingerprint density at radius 3 is 2.23 bits per heavy atom. The predicted octanol–water partition coefficient (Wildman–Crippen LogP) is 7.09. The maximum absolute atomic E-state index is 13.5. The molecule has 1 aliphatic heterocycles. The van der Waals surface area contributed by atoms with Gasteiger partial charge in [-0.05, 0) is 64.4 Å². The van der Waals surface area contributed by atoms with Crippen LogP contribution in [0.5, 0.6) is 11.5 Å². The molecular formula is C32H27FN2O3S. The molecule has 196 valence electrons. The molecule has 0 atom stereocenters. The highest BCUT2D eigenvalue weighted by Crippen LogP contribution is 2.36. The Hall–Kier alpha value is -4.36. The van der Waals surface area contributed by atoms with Crippen molar-refractivity contribution in [3.8, 4) is 11.5 Å². The van der Waals surface area contributed by atoms with Gasteiger partial charge in [-0.15, -0.1) is 0 Å². The van der Waals surface area contributed by atoms with Crippen LogP contribution >= 0.6 is 11.8 Å². The number of amides is 1. The van der Waals surface area contributed by atoms with Gasteiger partial charge in [0, 0.05) is 0 Å². The lowest BCUT2D eigenvalue weighted by atomic mass is 10.1. The van der Waals surface area contributed by atoms with Crippen molar-refractivity contribution in [1.29, 1.82) is 0 Å². The van der Waals surface area contributed by atoms with Crippen molar-refractivity contribution >= 4 is 28.9 Å². The molecule has 5 rings (SSSR count). The van der Waals surface area contributed by atoms with Crippen molar-refractivity contribution < 1.29 is 18.7 Å². The summed E-state index contributed by atoms with van der Waals surface area (Å²) >= 11 is 1.37. The van der Waals surface area contributed by atoms with E-state index >= 15 is 0 Å². The van der Waals surface area contributed by atoms with Crippen LogP contribution in [0.1, 0.15) is 22.3 Å². The number of hydrogen-bond donors (Lipinski definition) is 0. The van der Waals surface area contributed by atoms with Crippen molar-refractivity contribution in [3.63, 3.8) is 0 Å². The molecule has 0 bridgehead atoms. The molecule has 0 aliphatic carbocycles. The largest absolute Gasteiger partial charge is 0.493 e. The summed E-state index contributed by atoms with van der Waals surface area (Å²) in [5.41, 5.74) is 3.76. The molecule has 0 saturated carbocycles. The number of amidine groups is 1. The van der Waals surface area contributed by atoms with Crippen LogP contribution < -0.4 is 9.47 Å². The first-order chi connectivity index (χ1) is 19.1. The molecule has 1 heterocycles. The van der Waals surface area contributed by atoms with Crippen molar-refractivity contribution in [3.05, 3.63) is 136 Å². The smallest absolute Gasteiger partial charge is 0.267 e. The molecular weight excluding hydrogens is 511 g/mol. The number of carbonyl (C=O) groups excluding carboxylic acids is 1. The van der Waals surface area contributed by atoms with Gasteiger partial charge in [0.2, 0.25) is 0 Å². The van der Waals surface area contributed by atoms with Crippen LogP contribution in [0.4, 0.5) is 4.39 Å². The Morgan fingerprint density at radius 1 is 0.846 bits per heavy atom. The van der Waals surface area contributed by atoms with Crippen LogP contribution in [-0.4, -0.2) is 23.1 Å². The SMILES string of the molecule is COc1cc(/C=C2/SC(=NCc3ccccc3)N(Cc3ccccc3)C2=O)ccc1OCc1ccc(F)cc1. The van der Waals surface area contributed by atoms with Gasteiger partial charge in [0.25, 0.3) is 5.91 Å². The van der Waals surface area contributed by atoms with Gasteiger partial charge in [-0.3, -0.25) is 14.7 Å². The zero-order valence-electron chi connectivity index (χ0n) is 21.4. The topological polar surface area (TPSA) is 51.1 Å². The van der Waals surface area contributed by atoms with Crippen LogP contribution in [0.15, 0.2) is 113 Å². The number of halogens is 1. The summed E-state index contributed by atoms with van der Waals surface area (Å²) in [5.74, 6) is 0.723. The van der Waals surface area contributed by atoms with Crippen molar-refractivity contribution in [1.82, 2.24) is 4.90 Å². The Kier molecular flexibility index (Phi) is 8.39. The molecule has 1 aliphatic rings. The number of hydrogen-bond acceptors (Lipinski definition) is 5. The summed E-state index contributed by atoms with van der Waals surface area (Å²) in [6.45, 7) is 1.21. The van der Waals surface area contributed by atoms with Gasteiger partial charge >= 0.3 is 0 Å². The second-order valence-corrected chi connectivity index (χ2v) is 9.91. The number of nitrogens with zero attached hydrogens (tertiary/aromatic N) is 2. The second kappa shape index (κ2) is 12.5. The lowest BCUT2D eigenvalue weighted by molar-refractivity contribution is -0.122. The molecule has 5 nitrogen and oxygen atoms in total. The first kappa shape index (κ1) is 26.3. The molecule has 0 aromatic heterocycles. The van der Waals surface area contributed by atoms with E-state index < -0.39 is 0 Å². The molecule has 7 heteroatoms.